The molecule has 4 heteroatoms. The van der Waals surface area contributed by atoms with E-state index in [0.717, 1.165) is 31.4 Å². The zero-order valence-corrected chi connectivity index (χ0v) is 10.1. The molecule has 0 aliphatic heterocycles. The largest absolute Gasteiger partial charge is 0.416 e. The number of alkyl halides is 3. The van der Waals surface area contributed by atoms with E-state index in [1.54, 1.807) is 0 Å². The lowest BCUT2D eigenvalue weighted by molar-refractivity contribution is -0.137. The molecule has 0 bridgehead atoms. The van der Waals surface area contributed by atoms with E-state index >= 15 is 0 Å². The van der Waals surface area contributed by atoms with Gasteiger partial charge in [-0.3, -0.25) is 4.79 Å². The van der Waals surface area contributed by atoms with E-state index in [9.17, 15) is 18.0 Å². The van der Waals surface area contributed by atoms with Gasteiger partial charge < -0.3 is 0 Å². The molecule has 0 N–H and O–H groups in total. The van der Waals surface area contributed by atoms with E-state index in [1.165, 1.54) is 12.1 Å². The first-order chi connectivity index (χ1) is 8.38. The highest BCUT2D eigenvalue weighted by Crippen LogP contribution is 2.34. The fraction of sp³-hybridized carbons (Fsp3) is 0.500. The molecule has 0 spiro atoms. The molecule has 1 aliphatic rings. The summed E-state index contributed by atoms with van der Waals surface area (Å²) in [5, 5.41) is 0. The average molecular weight is 256 g/mol. The Morgan fingerprint density at radius 1 is 1.17 bits per heavy atom. The molecule has 2 rings (SSSR count). The Kier molecular flexibility index (Phi) is 3.46. The second kappa shape index (κ2) is 4.75. The Hall–Kier alpha value is -1.32. The lowest BCUT2D eigenvalue weighted by atomic mass is 9.95. The second-order valence-electron chi connectivity index (χ2n) is 5.05. The maximum absolute atomic E-state index is 12.4. The maximum atomic E-state index is 12.4. The number of rotatable bonds is 2. The van der Waals surface area contributed by atoms with Crippen LogP contribution in [0.4, 0.5) is 13.2 Å². The average Bonchev–Trinajstić information content (AvgIpc) is 2.74. The van der Waals surface area contributed by atoms with E-state index in [2.05, 4.69) is 6.92 Å². The van der Waals surface area contributed by atoms with Gasteiger partial charge in [-0.15, -0.1) is 0 Å². The summed E-state index contributed by atoms with van der Waals surface area (Å²) in [6, 6.07) is 4.53. The summed E-state index contributed by atoms with van der Waals surface area (Å²) in [4.78, 5) is 12.1. The van der Waals surface area contributed by atoms with Crippen molar-refractivity contribution in [3.63, 3.8) is 0 Å². The van der Waals surface area contributed by atoms with Crippen LogP contribution in [0.2, 0.25) is 0 Å². The van der Waals surface area contributed by atoms with Crippen LogP contribution in [0.3, 0.4) is 0 Å². The van der Waals surface area contributed by atoms with Crippen molar-refractivity contribution in [3.05, 3.63) is 35.4 Å². The van der Waals surface area contributed by atoms with Crippen LogP contribution in [-0.4, -0.2) is 5.78 Å². The Morgan fingerprint density at radius 3 is 2.22 bits per heavy atom. The van der Waals surface area contributed by atoms with Gasteiger partial charge in [-0.2, -0.15) is 13.2 Å². The van der Waals surface area contributed by atoms with E-state index < -0.39 is 11.7 Å². The lowest BCUT2D eigenvalue weighted by Crippen LogP contribution is -2.12. The molecule has 0 heterocycles. The quantitative estimate of drug-likeness (QED) is 0.720. The van der Waals surface area contributed by atoms with E-state index in [4.69, 9.17) is 0 Å². The van der Waals surface area contributed by atoms with Crippen LogP contribution in [0.15, 0.2) is 24.3 Å². The van der Waals surface area contributed by atoms with Gasteiger partial charge >= 0.3 is 6.18 Å². The predicted octanol–water partition coefficient (Wildman–Crippen LogP) is 4.32. The van der Waals surface area contributed by atoms with Gasteiger partial charge in [0.25, 0.3) is 0 Å². The van der Waals surface area contributed by atoms with Crippen LogP contribution in [0.5, 0.6) is 0 Å². The van der Waals surface area contributed by atoms with Crippen LogP contribution in [0.1, 0.15) is 42.1 Å². The minimum atomic E-state index is -4.34. The fourth-order valence-electron chi connectivity index (χ4n) is 2.50. The normalized spacial score (nSPS) is 24.2. The van der Waals surface area contributed by atoms with Gasteiger partial charge in [0.15, 0.2) is 5.78 Å². The van der Waals surface area contributed by atoms with Crippen molar-refractivity contribution in [2.45, 2.75) is 32.4 Å². The molecule has 1 aromatic rings. The number of carbonyl (C=O) groups is 1. The van der Waals surface area contributed by atoms with E-state index in [0.29, 0.717) is 11.5 Å². The van der Waals surface area contributed by atoms with Crippen molar-refractivity contribution in [2.75, 3.05) is 0 Å². The molecule has 0 saturated heterocycles. The molecule has 1 saturated carbocycles. The lowest BCUT2D eigenvalue weighted by Gasteiger charge is -2.10. The van der Waals surface area contributed by atoms with E-state index in [1.807, 2.05) is 0 Å². The summed E-state index contributed by atoms with van der Waals surface area (Å²) < 4.78 is 37.2. The standard InChI is InChI=1S/C14H15F3O/c1-9-2-3-11(8-9)13(18)10-4-6-12(7-5-10)14(15,16)17/h4-7,9,11H,2-3,8H2,1H3. The van der Waals surface area contributed by atoms with Gasteiger partial charge in [-0.1, -0.05) is 19.1 Å². The van der Waals surface area contributed by atoms with Gasteiger partial charge in [0.05, 0.1) is 5.56 Å². The fourth-order valence-corrected chi connectivity index (χ4v) is 2.50. The van der Waals surface area contributed by atoms with Crippen LogP contribution >= 0.6 is 0 Å². The molecule has 98 valence electrons. The Bertz CT molecular complexity index is 433. The first-order valence-electron chi connectivity index (χ1n) is 6.09. The third-order valence-electron chi connectivity index (χ3n) is 3.56. The molecule has 2 unspecified atom stereocenters. The molecule has 1 nitrogen and oxygen atoms in total. The van der Waals surface area contributed by atoms with Gasteiger partial charge in [-0.05, 0) is 37.3 Å². The molecule has 1 aliphatic carbocycles. The minimum absolute atomic E-state index is 0.0169. The highest BCUT2D eigenvalue weighted by molar-refractivity contribution is 5.98. The van der Waals surface area contributed by atoms with E-state index in [-0.39, 0.29) is 11.7 Å². The third kappa shape index (κ3) is 2.74. The number of carbonyl (C=O) groups excluding carboxylic acids is 1. The number of hydrogen-bond donors (Lipinski definition) is 0. The second-order valence-corrected chi connectivity index (χ2v) is 5.05. The van der Waals surface area contributed by atoms with Crippen molar-refractivity contribution in [1.82, 2.24) is 0 Å². The molecule has 0 amide bonds. The molecular weight excluding hydrogens is 241 g/mol. The first kappa shape index (κ1) is 13.1. The third-order valence-corrected chi connectivity index (χ3v) is 3.56. The first-order valence-corrected chi connectivity index (χ1v) is 6.09. The summed E-state index contributed by atoms with van der Waals surface area (Å²) in [6.45, 7) is 2.10. The molecule has 2 atom stereocenters. The van der Waals surface area contributed by atoms with Gasteiger partial charge in [-0.25, -0.2) is 0 Å². The number of hydrogen-bond acceptors (Lipinski definition) is 1. The summed E-state index contributed by atoms with van der Waals surface area (Å²) in [5.74, 6) is 0.498. The number of Topliss-reactive ketones (excluding diaryl/α,β-unsaturated/α-hetero) is 1. The topological polar surface area (TPSA) is 17.1 Å². The molecule has 0 aromatic heterocycles. The predicted molar refractivity (Wildman–Crippen MR) is 62.3 cm³/mol. The number of halogens is 3. The van der Waals surface area contributed by atoms with Crippen molar-refractivity contribution in [3.8, 4) is 0 Å². The molecule has 1 fully saturated rings. The Labute approximate surface area is 104 Å². The summed E-state index contributed by atoms with van der Waals surface area (Å²) in [7, 11) is 0. The molecule has 1 aromatic carbocycles. The van der Waals surface area contributed by atoms with Gasteiger partial charge in [0, 0.05) is 11.5 Å². The maximum Gasteiger partial charge on any atom is 0.416 e. The smallest absolute Gasteiger partial charge is 0.294 e. The van der Waals surface area contributed by atoms with Crippen LogP contribution in [0.25, 0.3) is 0 Å². The summed E-state index contributed by atoms with van der Waals surface area (Å²) >= 11 is 0. The molecular formula is C14H15F3O. The van der Waals surface area contributed by atoms with Gasteiger partial charge in [0.1, 0.15) is 0 Å². The van der Waals surface area contributed by atoms with Crippen molar-refractivity contribution in [2.24, 2.45) is 11.8 Å². The van der Waals surface area contributed by atoms with Crippen LogP contribution < -0.4 is 0 Å². The summed E-state index contributed by atoms with van der Waals surface area (Å²) in [6.07, 6.45) is -1.62. The molecule has 18 heavy (non-hydrogen) atoms. The van der Waals surface area contributed by atoms with Crippen LogP contribution in [0, 0.1) is 11.8 Å². The highest BCUT2D eigenvalue weighted by atomic mass is 19.4. The number of benzene rings is 1. The SMILES string of the molecule is CC1CCC(C(=O)c2ccc(C(F)(F)F)cc2)C1. The minimum Gasteiger partial charge on any atom is -0.294 e. The number of ketones is 1. The van der Waals surface area contributed by atoms with Crippen molar-refractivity contribution in [1.29, 1.82) is 0 Å². The zero-order valence-electron chi connectivity index (χ0n) is 10.1. The van der Waals surface area contributed by atoms with Crippen LogP contribution in [-0.2, 0) is 6.18 Å². The summed E-state index contributed by atoms with van der Waals surface area (Å²) in [5.41, 5.74) is -0.319. The Balaban J connectivity index is 2.12. The Morgan fingerprint density at radius 2 is 1.78 bits per heavy atom. The van der Waals surface area contributed by atoms with Crippen molar-refractivity contribution >= 4 is 5.78 Å². The molecule has 0 radical (unpaired) electrons. The zero-order chi connectivity index (χ0) is 13.3. The van der Waals surface area contributed by atoms with Crippen molar-refractivity contribution < 1.29 is 18.0 Å². The monoisotopic (exact) mass is 256 g/mol. The van der Waals surface area contributed by atoms with Gasteiger partial charge in [0.2, 0.25) is 0 Å². The highest BCUT2D eigenvalue weighted by Gasteiger charge is 2.31.